The monoisotopic (exact) mass is 255 g/mol. The quantitative estimate of drug-likeness (QED) is 0.638. The van der Waals surface area contributed by atoms with Crippen LogP contribution in [0.2, 0.25) is 0 Å². The van der Waals surface area contributed by atoms with Gasteiger partial charge in [0.15, 0.2) is 0 Å². The highest BCUT2D eigenvalue weighted by molar-refractivity contribution is 5.26. The number of nitrogens with two attached hydrogens (primary N) is 1. The van der Waals surface area contributed by atoms with E-state index in [0.29, 0.717) is 0 Å². The van der Waals surface area contributed by atoms with Gasteiger partial charge >= 0.3 is 0 Å². The Kier molecular flexibility index (Phi) is 4.66. The zero-order valence-corrected chi connectivity index (χ0v) is 11.6. The zero-order chi connectivity index (χ0) is 13.7. The minimum Gasteiger partial charge on any atom is -0.271 e. The molecule has 19 heavy (non-hydrogen) atoms. The Bertz CT molecular complexity index is 520. The van der Waals surface area contributed by atoms with Crippen LogP contribution in [0.15, 0.2) is 42.6 Å². The molecule has 1 aromatic carbocycles. The standard InChI is InChI=1S/C16H21N3/c1-3-13-7-8-15(18-11-13)10-16(19-17)14-6-4-5-12(2)9-14/h4-9,11,16,19H,3,10,17H2,1-2H3. The lowest BCUT2D eigenvalue weighted by molar-refractivity contribution is 0.545. The summed E-state index contributed by atoms with van der Waals surface area (Å²) in [6.07, 6.45) is 3.76. The van der Waals surface area contributed by atoms with Gasteiger partial charge in [0.25, 0.3) is 0 Å². The Morgan fingerprint density at radius 1 is 1.26 bits per heavy atom. The summed E-state index contributed by atoms with van der Waals surface area (Å²) in [6.45, 7) is 4.22. The summed E-state index contributed by atoms with van der Waals surface area (Å²) in [5, 5.41) is 0. The van der Waals surface area contributed by atoms with Crippen LogP contribution in [-0.4, -0.2) is 4.98 Å². The van der Waals surface area contributed by atoms with Gasteiger partial charge in [0.1, 0.15) is 0 Å². The number of nitrogens with one attached hydrogen (secondary N) is 1. The molecule has 1 aromatic heterocycles. The van der Waals surface area contributed by atoms with Crippen molar-refractivity contribution in [3.05, 3.63) is 65.0 Å². The molecule has 0 saturated heterocycles. The fraction of sp³-hybridized carbons (Fsp3) is 0.312. The summed E-state index contributed by atoms with van der Waals surface area (Å²) in [6, 6.07) is 12.7. The molecule has 0 saturated carbocycles. The van der Waals surface area contributed by atoms with Gasteiger partial charge in [0, 0.05) is 18.3 Å². The average molecular weight is 255 g/mol. The van der Waals surface area contributed by atoms with Crippen molar-refractivity contribution in [2.45, 2.75) is 32.7 Å². The molecule has 1 atom stereocenters. The fourth-order valence-electron chi connectivity index (χ4n) is 2.15. The highest BCUT2D eigenvalue weighted by atomic mass is 15.2. The molecule has 1 heterocycles. The lowest BCUT2D eigenvalue weighted by Crippen LogP contribution is -2.29. The Morgan fingerprint density at radius 2 is 2.11 bits per heavy atom. The van der Waals surface area contributed by atoms with Gasteiger partial charge < -0.3 is 0 Å². The number of aromatic nitrogens is 1. The van der Waals surface area contributed by atoms with Gasteiger partial charge in [0.2, 0.25) is 0 Å². The van der Waals surface area contributed by atoms with E-state index in [-0.39, 0.29) is 6.04 Å². The van der Waals surface area contributed by atoms with Gasteiger partial charge in [-0.25, -0.2) is 0 Å². The van der Waals surface area contributed by atoms with Crippen molar-refractivity contribution < 1.29 is 0 Å². The highest BCUT2D eigenvalue weighted by Gasteiger charge is 2.11. The van der Waals surface area contributed by atoms with Crippen LogP contribution < -0.4 is 11.3 Å². The van der Waals surface area contributed by atoms with Crippen molar-refractivity contribution in [2.24, 2.45) is 5.84 Å². The second-order valence-electron chi connectivity index (χ2n) is 4.85. The summed E-state index contributed by atoms with van der Waals surface area (Å²) >= 11 is 0. The number of nitrogens with zero attached hydrogens (tertiary/aromatic N) is 1. The molecule has 3 nitrogen and oxygen atoms in total. The first-order valence-electron chi connectivity index (χ1n) is 6.69. The van der Waals surface area contributed by atoms with E-state index in [1.54, 1.807) is 0 Å². The topological polar surface area (TPSA) is 50.9 Å². The van der Waals surface area contributed by atoms with Gasteiger partial charge in [-0.1, -0.05) is 42.8 Å². The summed E-state index contributed by atoms with van der Waals surface area (Å²) in [5.41, 5.74) is 7.64. The van der Waals surface area contributed by atoms with Crippen LogP contribution in [0, 0.1) is 6.92 Å². The van der Waals surface area contributed by atoms with Crippen molar-refractivity contribution in [1.82, 2.24) is 10.4 Å². The van der Waals surface area contributed by atoms with E-state index in [1.165, 1.54) is 16.7 Å². The number of pyridine rings is 1. The first kappa shape index (κ1) is 13.7. The molecule has 2 aromatic rings. The minimum absolute atomic E-state index is 0.0971. The molecule has 100 valence electrons. The Balaban J connectivity index is 2.14. The van der Waals surface area contributed by atoms with Crippen LogP contribution in [0.25, 0.3) is 0 Å². The third-order valence-corrected chi connectivity index (χ3v) is 3.35. The first-order chi connectivity index (χ1) is 9.22. The predicted molar refractivity (Wildman–Crippen MR) is 78.6 cm³/mol. The molecule has 0 aliphatic carbocycles. The van der Waals surface area contributed by atoms with E-state index >= 15 is 0 Å². The van der Waals surface area contributed by atoms with Crippen LogP contribution in [-0.2, 0) is 12.8 Å². The summed E-state index contributed by atoms with van der Waals surface area (Å²) in [5.74, 6) is 5.68. The molecule has 0 radical (unpaired) electrons. The first-order valence-corrected chi connectivity index (χ1v) is 6.69. The van der Waals surface area contributed by atoms with E-state index in [2.05, 4.69) is 60.7 Å². The molecule has 0 fully saturated rings. The Hall–Kier alpha value is -1.71. The van der Waals surface area contributed by atoms with Crippen LogP contribution in [0.4, 0.5) is 0 Å². The number of aryl methyl sites for hydroxylation is 2. The van der Waals surface area contributed by atoms with Crippen molar-refractivity contribution in [3.8, 4) is 0 Å². The van der Waals surface area contributed by atoms with Crippen LogP contribution >= 0.6 is 0 Å². The predicted octanol–water partition coefficient (Wildman–Crippen LogP) is 2.70. The van der Waals surface area contributed by atoms with Gasteiger partial charge in [-0.2, -0.15) is 0 Å². The number of benzene rings is 1. The molecule has 0 spiro atoms. The lowest BCUT2D eigenvalue weighted by Gasteiger charge is -2.16. The maximum absolute atomic E-state index is 5.68. The lowest BCUT2D eigenvalue weighted by atomic mass is 10.0. The maximum atomic E-state index is 5.68. The van der Waals surface area contributed by atoms with Crippen LogP contribution in [0.1, 0.15) is 35.3 Å². The van der Waals surface area contributed by atoms with Gasteiger partial charge in [0.05, 0.1) is 6.04 Å². The highest BCUT2D eigenvalue weighted by Crippen LogP contribution is 2.18. The summed E-state index contributed by atoms with van der Waals surface area (Å²) in [4.78, 5) is 4.49. The third kappa shape index (κ3) is 3.63. The molecule has 0 bridgehead atoms. The van der Waals surface area contributed by atoms with E-state index < -0.39 is 0 Å². The largest absolute Gasteiger partial charge is 0.271 e. The van der Waals surface area contributed by atoms with Crippen molar-refractivity contribution in [3.63, 3.8) is 0 Å². The van der Waals surface area contributed by atoms with Crippen molar-refractivity contribution >= 4 is 0 Å². The average Bonchev–Trinajstić information content (AvgIpc) is 2.45. The normalized spacial score (nSPS) is 12.4. The van der Waals surface area contributed by atoms with E-state index in [1.807, 2.05) is 6.20 Å². The summed E-state index contributed by atoms with van der Waals surface area (Å²) in [7, 11) is 0. The molecule has 1 unspecified atom stereocenters. The Morgan fingerprint density at radius 3 is 2.68 bits per heavy atom. The smallest absolute Gasteiger partial charge is 0.0515 e. The van der Waals surface area contributed by atoms with Gasteiger partial charge in [-0.05, 0) is 30.5 Å². The van der Waals surface area contributed by atoms with Crippen molar-refractivity contribution in [2.75, 3.05) is 0 Å². The van der Waals surface area contributed by atoms with E-state index in [9.17, 15) is 0 Å². The number of hydrogen-bond donors (Lipinski definition) is 2. The second kappa shape index (κ2) is 6.45. The second-order valence-corrected chi connectivity index (χ2v) is 4.85. The summed E-state index contributed by atoms with van der Waals surface area (Å²) < 4.78 is 0. The molecule has 3 heteroatoms. The van der Waals surface area contributed by atoms with Gasteiger partial charge in [-0.3, -0.25) is 16.3 Å². The zero-order valence-electron chi connectivity index (χ0n) is 11.6. The van der Waals surface area contributed by atoms with Crippen LogP contribution in [0.3, 0.4) is 0 Å². The minimum atomic E-state index is 0.0971. The number of hydrazine groups is 1. The number of rotatable bonds is 5. The van der Waals surface area contributed by atoms with Crippen LogP contribution in [0.5, 0.6) is 0 Å². The molecular weight excluding hydrogens is 234 g/mol. The molecule has 2 rings (SSSR count). The molecule has 0 aliphatic rings. The van der Waals surface area contributed by atoms with Crippen molar-refractivity contribution in [1.29, 1.82) is 0 Å². The molecule has 3 N–H and O–H groups in total. The molecule has 0 aliphatic heterocycles. The third-order valence-electron chi connectivity index (χ3n) is 3.35. The fourth-order valence-corrected chi connectivity index (χ4v) is 2.15. The SMILES string of the molecule is CCc1ccc(CC(NN)c2cccc(C)c2)nc1. The molecule has 0 amide bonds. The molecular formula is C16H21N3. The maximum Gasteiger partial charge on any atom is 0.0515 e. The van der Waals surface area contributed by atoms with E-state index in [4.69, 9.17) is 5.84 Å². The van der Waals surface area contributed by atoms with Gasteiger partial charge in [-0.15, -0.1) is 0 Å². The Labute approximate surface area is 114 Å². The number of hydrogen-bond acceptors (Lipinski definition) is 3. The van der Waals surface area contributed by atoms with E-state index in [0.717, 1.165) is 18.5 Å².